The molecule has 0 radical (unpaired) electrons. The van der Waals surface area contributed by atoms with Crippen molar-refractivity contribution < 1.29 is 33.7 Å². The van der Waals surface area contributed by atoms with Gasteiger partial charge in [-0.05, 0) is 70.8 Å². The predicted octanol–water partition coefficient (Wildman–Crippen LogP) is 6.80. The van der Waals surface area contributed by atoms with Crippen LogP contribution in [0.3, 0.4) is 0 Å². The van der Waals surface area contributed by atoms with Crippen LogP contribution in [0.25, 0.3) is 6.08 Å². The van der Waals surface area contributed by atoms with E-state index in [1.807, 2.05) is 27.7 Å². The van der Waals surface area contributed by atoms with Crippen LogP contribution in [-0.2, 0) is 15.6 Å². The standard InChI is InChI=1S/C36H37ClF2N2O5.Na.H/c1-35(2,21-8-12-24(38)13-9-21)31-29(17-16-27(42)19-28(43)20-30(44)45)41-33(34(46)40-26-7-5-6-23(37)18-26)32(31)36(3,4)22-10-14-25(39)15-11-22;;/h5-18,27-28,41-43H,19-20H2,1-4H3,(H,40,46)(H,44,45);;/b17-16+;;/t27-,28-;;/m1../s1. The Kier molecular flexibility index (Phi) is 12.8. The van der Waals surface area contributed by atoms with E-state index in [1.54, 1.807) is 54.6 Å². The first-order valence-electron chi connectivity index (χ1n) is 14.7. The number of amides is 1. The molecule has 0 aliphatic rings. The Morgan fingerprint density at radius 3 is 1.94 bits per heavy atom. The van der Waals surface area contributed by atoms with Crippen LogP contribution in [0, 0.1) is 11.6 Å². The summed E-state index contributed by atoms with van der Waals surface area (Å²) in [5.41, 5.74) is 2.01. The number of aromatic amines is 1. The van der Waals surface area contributed by atoms with Gasteiger partial charge in [0.2, 0.25) is 0 Å². The average molecular weight is 675 g/mol. The third kappa shape index (κ3) is 9.19. The molecule has 1 heterocycles. The summed E-state index contributed by atoms with van der Waals surface area (Å²) in [4.78, 5) is 28.3. The van der Waals surface area contributed by atoms with Crippen molar-refractivity contribution in [2.24, 2.45) is 0 Å². The van der Waals surface area contributed by atoms with Crippen LogP contribution in [0.5, 0.6) is 0 Å². The fourth-order valence-corrected chi connectivity index (χ4v) is 5.91. The molecule has 0 unspecified atom stereocenters. The number of aliphatic hydroxyl groups is 2. The molecule has 7 nitrogen and oxygen atoms in total. The minimum atomic E-state index is -1.28. The van der Waals surface area contributed by atoms with E-state index in [9.17, 15) is 28.6 Å². The van der Waals surface area contributed by atoms with Crippen molar-refractivity contribution in [3.8, 4) is 0 Å². The van der Waals surface area contributed by atoms with Crippen molar-refractivity contribution in [2.75, 3.05) is 5.32 Å². The predicted molar refractivity (Wildman–Crippen MR) is 182 cm³/mol. The normalized spacial score (nSPS) is 13.2. The second-order valence-electron chi connectivity index (χ2n) is 12.3. The van der Waals surface area contributed by atoms with Crippen molar-refractivity contribution in [3.63, 3.8) is 0 Å². The fourth-order valence-electron chi connectivity index (χ4n) is 5.72. The summed E-state index contributed by atoms with van der Waals surface area (Å²) in [5.74, 6) is -2.51. The van der Waals surface area contributed by atoms with E-state index in [2.05, 4.69) is 10.3 Å². The zero-order valence-corrected chi connectivity index (χ0v) is 26.7. The van der Waals surface area contributed by atoms with Gasteiger partial charge in [-0.2, -0.15) is 0 Å². The molecule has 0 aliphatic carbocycles. The molecule has 0 saturated heterocycles. The SMILES string of the molecule is CC(C)(c1ccc(F)cc1)c1c(/C=C/[C@@H](O)C[C@@H](O)CC(=O)O)[nH]c(C(=O)Nc2cccc(Cl)c2)c1C(C)(C)c1ccc(F)cc1.[NaH]. The molecular formula is C36H38ClF2N2NaO5. The number of hydrogen-bond donors (Lipinski definition) is 5. The van der Waals surface area contributed by atoms with Crippen molar-refractivity contribution in [1.82, 2.24) is 4.98 Å². The first-order chi connectivity index (χ1) is 21.6. The van der Waals surface area contributed by atoms with E-state index in [0.717, 1.165) is 5.56 Å². The van der Waals surface area contributed by atoms with E-state index in [4.69, 9.17) is 16.7 Å². The van der Waals surface area contributed by atoms with Crippen LogP contribution in [0.1, 0.15) is 79.0 Å². The first-order valence-corrected chi connectivity index (χ1v) is 15.1. The number of carboxylic acid groups (broad SMARTS) is 1. The molecule has 0 aliphatic heterocycles. The Morgan fingerprint density at radius 1 is 0.894 bits per heavy atom. The van der Waals surface area contributed by atoms with Gasteiger partial charge in [0.05, 0.1) is 18.6 Å². The van der Waals surface area contributed by atoms with Crippen LogP contribution in [0.2, 0.25) is 5.02 Å². The van der Waals surface area contributed by atoms with Crippen molar-refractivity contribution >= 4 is 64.8 Å². The van der Waals surface area contributed by atoms with Crippen molar-refractivity contribution in [1.29, 1.82) is 0 Å². The Morgan fingerprint density at radius 2 is 1.43 bits per heavy atom. The number of H-pyrrole nitrogens is 1. The molecule has 3 aromatic carbocycles. The topological polar surface area (TPSA) is 123 Å². The summed E-state index contributed by atoms with van der Waals surface area (Å²) < 4.78 is 28.0. The molecule has 0 fully saturated rings. The molecule has 4 rings (SSSR count). The average Bonchev–Trinajstić information content (AvgIpc) is 3.38. The maximum atomic E-state index is 14.1. The van der Waals surface area contributed by atoms with E-state index in [0.29, 0.717) is 33.1 Å². The third-order valence-corrected chi connectivity index (χ3v) is 8.36. The van der Waals surface area contributed by atoms with Gasteiger partial charge in [0.15, 0.2) is 0 Å². The van der Waals surface area contributed by atoms with Gasteiger partial charge in [0, 0.05) is 33.7 Å². The summed E-state index contributed by atoms with van der Waals surface area (Å²) in [6.45, 7) is 7.68. The number of anilines is 1. The first kappa shape index (κ1) is 38.1. The third-order valence-electron chi connectivity index (χ3n) is 8.13. The number of carbonyl (C=O) groups is 2. The van der Waals surface area contributed by atoms with E-state index in [1.165, 1.54) is 30.3 Å². The van der Waals surface area contributed by atoms with E-state index >= 15 is 0 Å². The van der Waals surface area contributed by atoms with Gasteiger partial charge in [0.1, 0.15) is 17.3 Å². The number of nitrogens with one attached hydrogen (secondary N) is 2. The summed E-state index contributed by atoms with van der Waals surface area (Å²) in [7, 11) is 0. The number of benzene rings is 3. The number of aliphatic carboxylic acids is 1. The molecule has 1 amide bonds. The number of aromatic nitrogens is 1. The molecule has 0 spiro atoms. The second-order valence-corrected chi connectivity index (χ2v) is 12.7. The molecular weight excluding hydrogens is 637 g/mol. The Hall–Kier alpha value is -3.31. The van der Waals surface area contributed by atoms with Gasteiger partial charge in [-0.1, -0.05) is 75.7 Å². The number of hydrogen-bond acceptors (Lipinski definition) is 4. The van der Waals surface area contributed by atoms with Crippen LogP contribution in [-0.4, -0.2) is 73.9 Å². The maximum absolute atomic E-state index is 14.1. The summed E-state index contributed by atoms with van der Waals surface area (Å²) in [6, 6.07) is 18.7. The fraction of sp³-hybridized carbons (Fsp3) is 0.278. The molecule has 2 atom stereocenters. The Labute approximate surface area is 300 Å². The van der Waals surface area contributed by atoms with Crippen LogP contribution >= 0.6 is 11.6 Å². The van der Waals surface area contributed by atoms with E-state index < -0.39 is 53.0 Å². The number of carboxylic acids is 1. The van der Waals surface area contributed by atoms with Gasteiger partial charge in [-0.25, -0.2) is 8.78 Å². The molecule has 4 aromatic rings. The number of carbonyl (C=O) groups excluding carboxylic acids is 1. The zero-order chi connectivity index (χ0) is 33.8. The second kappa shape index (κ2) is 15.7. The number of aliphatic hydroxyl groups excluding tert-OH is 2. The summed E-state index contributed by atoms with van der Waals surface area (Å²) in [6.07, 6.45) is -0.246. The molecule has 244 valence electrons. The van der Waals surface area contributed by atoms with Gasteiger partial charge in [-0.3, -0.25) is 9.59 Å². The van der Waals surface area contributed by atoms with E-state index in [-0.39, 0.29) is 41.7 Å². The van der Waals surface area contributed by atoms with Crippen molar-refractivity contribution in [3.05, 3.63) is 129 Å². The molecule has 0 bridgehead atoms. The Bertz CT molecular complexity index is 1740. The summed E-state index contributed by atoms with van der Waals surface area (Å²) >= 11 is 6.17. The van der Waals surface area contributed by atoms with Crippen LogP contribution in [0.15, 0.2) is 78.9 Å². The molecule has 1 aromatic heterocycles. The van der Waals surface area contributed by atoms with Crippen molar-refractivity contribution in [2.45, 2.75) is 63.6 Å². The monoisotopic (exact) mass is 674 g/mol. The molecule has 11 heteroatoms. The van der Waals surface area contributed by atoms with Gasteiger partial charge < -0.3 is 25.6 Å². The minimum absolute atomic E-state index is 0. The van der Waals surface area contributed by atoms with Gasteiger partial charge >= 0.3 is 35.5 Å². The number of rotatable bonds is 12. The number of halogens is 3. The van der Waals surface area contributed by atoms with Crippen LogP contribution in [0.4, 0.5) is 14.5 Å². The Balaban J connectivity index is 0.00000600. The quantitative estimate of drug-likeness (QED) is 0.106. The molecule has 0 saturated carbocycles. The zero-order valence-electron chi connectivity index (χ0n) is 25.9. The summed E-state index contributed by atoms with van der Waals surface area (Å²) in [5, 5.41) is 33.1. The van der Waals surface area contributed by atoms with Gasteiger partial charge in [0.25, 0.3) is 5.91 Å². The van der Waals surface area contributed by atoms with Gasteiger partial charge in [-0.15, -0.1) is 0 Å². The molecule has 5 N–H and O–H groups in total. The molecule has 47 heavy (non-hydrogen) atoms. The van der Waals surface area contributed by atoms with Crippen LogP contribution < -0.4 is 5.32 Å².